The van der Waals surface area contributed by atoms with Gasteiger partial charge in [-0.25, -0.2) is 4.57 Å². The van der Waals surface area contributed by atoms with Gasteiger partial charge in [-0.2, -0.15) is 0 Å². The molecule has 4 aliphatic carbocycles. The van der Waals surface area contributed by atoms with Gasteiger partial charge in [-0.15, -0.1) is 0 Å². The van der Waals surface area contributed by atoms with Crippen LogP contribution in [0.25, 0.3) is 0 Å². The van der Waals surface area contributed by atoms with Gasteiger partial charge in [0.05, 0.1) is 27.2 Å². The summed E-state index contributed by atoms with van der Waals surface area (Å²) in [6, 6.07) is 0. The van der Waals surface area contributed by atoms with Gasteiger partial charge in [0.25, 0.3) is 0 Å². The Bertz CT molecular complexity index is 888. The van der Waals surface area contributed by atoms with Crippen molar-refractivity contribution in [3.8, 4) is 0 Å². The minimum atomic E-state index is -4.02. The van der Waals surface area contributed by atoms with Crippen LogP contribution in [0.2, 0.25) is 0 Å². The third-order valence-electron chi connectivity index (χ3n) is 13.1. The first kappa shape index (κ1) is 33.0. The van der Waals surface area contributed by atoms with E-state index in [9.17, 15) is 9.46 Å². The molecule has 0 radical (unpaired) electrons. The van der Waals surface area contributed by atoms with Gasteiger partial charge in [-0.05, 0) is 122 Å². The fourth-order valence-electron chi connectivity index (χ4n) is 10.6. The SMILES string of the molecule is CC[C@H](CC[C@@H](C)[C@H]1CCC2C3CCC4CC(OP(=O)(O)OCC[N+](C)(C)C)CC[C@]4(C)C3CC[C@@]21C)C(C)C. The molecule has 40 heavy (non-hydrogen) atoms. The summed E-state index contributed by atoms with van der Waals surface area (Å²) in [7, 11) is 2.15. The zero-order chi connectivity index (χ0) is 29.5. The van der Waals surface area contributed by atoms with Crippen LogP contribution in [0.3, 0.4) is 0 Å². The van der Waals surface area contributed by atoms with E-state index in [-0.39, 0.29) is 12.7 Å². The van der Waals surface area contributed by atoms with Crippen LogP contribution in [0.15, 0.2) is 0 Å². The first-order valence-electron chi connectivity index (χ1n) is 17.1. The van der Waals surface area contributed by atoms with Crippen molar-refractivity contribution in [2.75, 3.05) is 34.3 Å². The molecule has 6 unspecified atom stereocenters. The van der Waals surface area contributed by atoms with Crippen molar-refractivity contribution in [2.45, 2.75) is 125 Å². The zero-order valence-corrected chi connectivity index (χ0v) is 28.6. The highest BCUT2D eigenvalue weighted by atomic mass is 31.2. The second-order valence-electron chi connectivity index (χ2n) is 16.7. The van der Waals surface area contributed by atoms with Crippen LogP contribution in [0.5, 0.6) is 0 Å². The standard InChI is InChI=1S/C34H64NO4P/c1-10-26(24(2)3)12-11-25(4)30-15-16-31-29-14-13-27-23-28(39-40(36,37)38-22-21-35(7,8)9)17-19-33(27,5)32(29)18-20-34(30,31)6/h24-32H,10-23H2,1-9H3/p+1/t25-,26-,27?,28?,29?,30-,31?,32?,33+,34-/m1/s1. The predicted molar refractivity (Wildman–Crippen MR) is 166 cm³/mol. The van der Waals surface area contributed by atoms with Gasteiger partial charge < -0.3 is 9.38 Å². The molecule has 4 rings (SSSR count). The van der Waals surface area contributed by atoms with Gasteiger partial charge in [0.2, 0.25) is 0 Å². The van der Waals surface area contributed by atoms with Gasteiger partial charge in [-0.1, -0.05) is 54.4 Å². The fraction of sp³-hybridized carbons (Fsp3) is 1.00. The molecule has 0 aromatic rings. The van der Waals surface area contributed by atoms with E-state index in [1.165, 1.54) is 57.8 Å². The highest BCUT2D eigenvalue weighted by Crippen LogP contribution is 2.69. The second kappa shape index (κ2) is 12.6. The minimum Gasteiger partial charge on any atom is -0.329 e. The lowest BCUT2D eigenvalue weighted by Gasteiger charge is -2.61. The van der Waals surface area contributed by atoms with E-state index < -0.39 is 7.82 Å². The zero-order valence-electron chi connectivity index (χ0n) is 27.7. The average molecular weight is 583 g/mol. The Balaban J connectivity index is 1.35. The Morgan fingerprint density at radius 1 is 0.925 bits per heavy atom. The summed E-state index contributed by atoms with van der Waals surface area (Å²) in [6.07, 6.45) is 15.2. The lowest BCUT2D eigenvalue weighted by Crippen LogP contribution is -2.54. The summed E-state index contributed by atoms with van der Waals surface area (Å²) in [6.45, 7) is 16.0. The van der Waals surface area contributed by atoms with E-state index in [1.807, 2.05) is 0 Å². The summed E-state index contributed by atoms with van der Waals surface area (Å²) in [5.74, 6) is 6.60. The Morgan fingerprint density at radius 3 is 2.25 bits per heavy atom. The molecule has 0 aromatic heterocycles. The molecule has 4 saturated carbocycles. The normalized spacial score (nSPS) is 41.1. The molecule has 6 heteroatoms. The molecular weight excluding hydrogens is 517 g/mol. The predicted octanol–water partition coefficient (Wildman–Crippen LogP) is 8.95. The lowest BCUT2D eigenvalue weighted by atomic mass is 9.44. The largest absolute Gasteiger partial charge is 0.472 e. The third-order valence-corrected chi connectivity index (χ3v) is 14.2. The topological polar surface area (TPSA) is 55.8 Å². The molecule has 5 nitrogen and oxygen atoms in total. The maximum absolute atomic E-state index is 12.7. The monoisotopic (exact) mass is 582 g/mol. The van der Waals surface area contributed by atoms with Crippen molar-refractivity contribution in [1.29, 1.82) is 0 Å². The first-order chi connectivity index (χ1) is 18.6. The highest BCUT2D eigenvalue weighted by molar-refractivity contribution is 7.47. The number of fused-ring (bicyclic) bond motifs is 5. The highest BCUT2D eigenvalue weighted by Gasteiger charge is 2.60. The smallest absolute Gasteiger partial charge is 0.329 e. The summed E-state index contributed by atoms with van der Waals surface area (Å²) in [5, 5.41) is 0. The van der Waals surface area contributed by atoms with E-state index in [1.54, 1.807) is 0 Å². The Labute approximate surface area is 247 Å². The van der Waals surface area contributed by atoms with Crippen LogP contribution in [0.1, 0.15) is 119 Å². The number of nitrogens with zero attached hydrogens (tertiary/aromatic N) is 1. The Morgan fingerprint density at radius 2 is 1.60 bits per heavy atom. The van der Waals surface area contributed by atoms with Gasteiger partial charge in [0.15, 0.2) is 0 Å². The molecule has 0 saturated heterocycles. The molecule has 0 heterocycles. The number of phosphoric acid groups is 1. The molecule has 1 N–H and O–H groups in total. The number of rotatable bonds is 12. The van der Waals surface area contributed by atoms with Gasteiger partial charge >= 0.3 is 7.82 Å². The molecule has 0 aromatic carbocycles. The van der Waals surface area contributed by atoms with E-state index in [0.29, 0.717) is 27.8 Å². The number of hydrogen-bond acceptors (Lipinski definition) is 3. The Hall–Kier alpha value is 0.0700. The number of likely N-dealkylation sites (N-methyl/N-ethyl adjacent to an activating group) is 1. The van der Waals surface area contributed by atoms with E-state index >= 15 is 0 Å². The maximum Gasteiger partial charge on any atom is 0.472 e. The fourth-order valence-corrected chi connectivity index (χ4v) is 11.6. The third kappa shape index (κ3) is 7.06. The quantitative estimate of drug-likeness (QED) is 0.184. The maximum atomic E-state index is 12.7. The second-order valence-corrected chi connectivity index (χ2v) is 18.1. The molecule has 4 fully saturated rings. The van der Waals surface area contributed by atoms with Crippen LogP contribution in [-0.4, -0.2) is 49.8 Å². The molecular formula is C34H65NO4P+. The molecule has 0 bridgehead atoms. The molecule has 0 amide bonds. The molecule has 4 aliphatic rings. The van der Waals surface area contributed by atoms with Gasteiger partial charge in [0.1, 0.15) is 13.2 Å². The van der Waals surface area contributed by atoms with Crippen LogP contribution < -0.4 is 0 Å². The van der Waals surface area contributed by atoms with E-state index in [4.69, 9.17) is 9.05 Å². The number of hydrogen-bond donors (Lipinski definition) is 1. The lowest BCUT2D eigenvalue weighted by molar-refractivity contribution is -0.870. The first-order valence-corrected chi connectivity index (χ1v) is 18.6. The van der Waals surface area contributed by atoms with Gasteiger partial charge in [-0.3, -0.25) is 9.05 Å². The van der Waals surface area contributed by atoms with Gasteiger partial charge in [0, 0.05) is 0 Å². The summed E-state index contributed by atoms with van der Waals surface area (Å²) in [4.78, 5) is 10.4. The van der Waals surface area contributed by atoms with E-state index in [2.05, 4.69) is 62.7 Å². The summed E-state index contributed by atoms with van der Waals surface area (Å²) < 4.78 is 24.6. The van der Waals surface area contributed by atoms with Crippen LogP contribution in [0.4, 0.5) is 0 Å². The van der Waals surface area contributed by atoms with E-state index in [0.717, 1.165) is 60.7 Å². The summed E-state index contributed by atoms with van der Waals surface area (Å²) in [5.41, 5.74) is 0.875. The molecule has 11 atom stereocenters. The van der Waals surface area contributed by atoms with Crippen molar-refractivity contribution in [1.82, 2.24) is 0 Å². The van der Waals surface area contributed by atoms with Crippen LogP contribution in [0, 0.1) is 58.2 Å². The van der Waals surface area contributed by atoms with Crippen molar-refractivity contribution in [2.24, 2.45) is 58.2 Å². The van der Waals surface area contributed by atoms with Crippen molar-refractivity contribution in [3.05, 3.63) is 0 Å². The van der Waals surface area contributed by atoms with Crippen molar-refractivity contribution < 1.29 is 23.0 Å². The molecule has 234 valence electrons. The molecule has 0 aliphatic heterocycles. The van der Waals surface area contributed by atoms with Crippen molar-refractivity contribution in [3.63, 3.8) is 0 Å². The number of phosphoric ester groups is 1. The van der Waals surface area contributed by atoms with Crippen molar-refractivity contribution >= 4 is 7.82 Å². The van der Waals surface area contributed by atoms with Crippen LogP contribution in [-0.2, 0) is 13.6 Å². The summed E-state index contributed by atoms with van der Waals surface area (Å²) >= 11 is 0. The number of quaternary nitrogens is 1. The Kier molecular flexibility index (Phi) is 10.4. The van der Waals surface area contributed by atoms with Crippen LogP contribution >= 0.6 is 7.82 Å². The molecule has 0 spiro atoms. The minimum absolute atomic E-state index is 0.155. The average Bonchev–Trinajstić information content (AvgIpc) is 3.20.